The lowest BCUT2D eigenvalue weighted by molar-refractivity contribution is 0.0776. The van der Waals surface area contributed by atoms with Gasteiger partial charge in [-0.3, -0.25) is 9.89 Å². The van der Waals surface area contributed by atoms with Crippen molar-refractivity contribution in [3.05, 3.63) is 27.7 Å². The fourth-order valence-electron chi connectivity index (χ4n) is 1.40. The maximum atomic E-state index is 12.0. The Balaban J connectivity index is 2.05. The first-order valence-corrected chi connectivity index (χ1v) is 5.99. The van der Waals surface area contributed by atoms with Gasteiger partial charge < -0.3 is 4.90 Å². The number of rotatable bonds is 3. The Morgan fingerprint density at radius 3 is 2.76 bits per heavy atom. The normalized spacial score (nSPS) is 10.5. The van der Waals surface area contributed by atoms with Gasteiger partial charge >= 0.3 is 0 Å². The number of thiazole rings is 1. The van der Waals surface area contributed by atoms with Crippen molar-refractivity contribution in [2.24, 2.45) is 0 Å². The summed E-state index contributed by atoms with van der Waals surface area (Å²) >= 11 is 1.46. The van der Waals surface area contributed by atoms with Gasteiger partial charge in [-0.25, -0.2) is 9.97 Å². The van der Waals surface area contributed by atoms with Crippen LogP contribution < -0.4 is 0 Å². The van der Waals surface area contributed by atoms with Gasteiger partial charge in [0.1, 0.15) is 11.5 Å². The minimum absolute atomic E-state index is 0.114. The van der Waals surface area contributed by atoms with Crippen molar-refractivity contribution in [1.29, 1.82) is 0 Å². The number of aryl methyl sites for hydroxylation is 2. The molecule has 0 saturated carbocycles. The van der Waals surface area contributed by atoms with Gasteiger partial charge in [0.15, 0.2) is 5.82 Å². The van der Waals surface area contributed by atoms with E-state index in [4.69, 9.17) is 0 Å². The molecule has 2 aromatic heterocycles. The summed E-state index contributed by atoms with van der Waals surface area (Å²) in [7, 11) is 1.71. The minimum Gasteiger partial charge on any atom is -0.333 e. The average molecular weight is 251 g/mol. The monoisotopic (exact) mass is 251 g/mol. The van der Waals surface area contributed by atoms with Crippen molar-refractivity contribution in [3.63, 3.8) is 0 Å². The van der Waals surface area contributed by atoms with E-state index in [1.165, 1.54) is 11.3 Å². The highest BCUT2D eigenvalue weighted by molar-refractivity contribution is 7.09. The number of amides is 1. The van der Waals surface area contributed by atoms with Crippen LogP contribution >= 0.6 is 11.3 Å². The van der Waals surface area contributed by atoms with E-state index in [2.05, 4.69) is 20.2 Å². The van der Waals surface area contributed by atoms with Crippen LogP contribution in [-0.4, -0.2) is 38.0 Å². The minimum atomic E-state index is -0.114. The maximum absolute atomic E-state index is 12.0. The third-order valence-electron chi connectivity index (χ3n) is 2.21. The zero-order chi connectivity index (χ0) is 12.4. The van der Waals surface area contributed by atoms with Crippen molar-refractivity contribution >= 4 is 17.2 Å². The van der Waals surface area contributed by atoms with Gasteiger partial charge in [0.2, 0.25) is 0 Å². The molecular weight excluding hydrogens is 238 g/mol. The molecule has 0 fully saturated rings. The Kier molecular flexibility index (Phi) is 3.19. The molecule has 1 N–H and O–H groups in total. The Bertz CT molecular complexity index is 532. The van der Waals surface area contributed by atoms with Gasteiger partial charge in [-0.1, -0.05) is 0 Å². The fraction of sp³-hybridized carbons (Fsp3) is 0.400. The zero-order valence-corrected chi connectivity index (χ0v) is 10.7. The molecule has 2 rings (SSSR count). The summed E-state index contributed by atoms with van der Waals surface area (Å²) in [6.45, 7) is 4.07. The molecule has 2 aromatic rings. The van der Waals surface area contributed by atoms with E-state index in [-0.39, 0.29) is 5.91 Å². The molecule has 0 aliphatic rings. The highest BCUT2D eigenvalue weighted by Gasteiger charge is 2.16. The van der Waals surface area contributed by atoms with E-state index in [1.807, 2.05) is 13.8 Å². The second-order valence-electron chi connectivity index (χ2n) is 3.75. The van der Waals surface area contributed by atoms with Crippen molar-refractivity contribution in [2.75, 3.05) is 7.05 Å². The van der Waals surface area contributed by atoms with Crippen LogP contribution in [0.15, 0.2) is 5.38 Å². The number of hydrogen-bond acceptors (Lipinski definition) is 5. The van der Waals surface area contributed by atoms with Gasteiger partial charge in [-0.05, 0) is 13.8 Å². The first-order chi connectivity index (χ1) is 8.06. The summed E-state index contributed by atoms with van der Waals surface area (Å²) in [5, 5.41) is 9.38. The van der Waals surface area contributed by atoms with E-state index in [9.17, 15) is 4.79 Å². The van der Waals surface area contributed by atoms with E-state index < -0.39 is 0 Å². The van der Waals surface area contributed by atoms with Gasteiger partial charge in [-0.2, -0.15) is 5.10 Å². The summed E-state index contributed by atoms with van der Waals surface area (Å²) in [5.41, 5.74) is 0.474. The van der Waals surface area contributed by atoms with Crippen molar-refractivity contribution in [1.82, 2.24) is 25.1 Å². The maximum Gasteiger partial charge on any atom is 0.273 e. The molecule has 0 spiro atoms. The Morgan fingerprint density at radius 2 is 2.24 bits per heavy atom. The number of H-pyrrole nitrogens is 1. The predicted octanol–water partition coefficient (Wildman–Crippen LogP) is 1.15. The molecule has 0 aromatic carbocycles. The number of aromatic amines is 1. The first-order valence-electron chi connectivity index (χ1n) is 5.11. The van der Waals surface area contributed by atoms with Crippen LogP contribution in [-0.2, 0) is 6.54 Å². The quantitative estimate of drug-likeness (QED) is 0.888. The molecule has 0 bridgehead atoms. The zero-order valence-electron chi connectivity index (χ0n) is 9.89. The topological polar surface area (TPSA) is 74.8 Å². The largest absolute Gasteiger partial charge is 0.333 e. The van der Waals surface area contributed by atoms with Crippen molar-refractivity contribution < 1.29 is 4.79 Å². The number of nitrogens with one attached hydrogen (secondary N) is 1. The van der Waals surface area contributed by atoms with Gasteiger partial charge in [0.25, 0.3) is 5.91 Å². The number of aromatic nitrogens is 4. The Labute approximate surface area is 103 Å². The molecule has 90 valence electrons. The molecule has 6 nitrogen and oxygen atoms in total. The third kappa shape index (κ3) is 2.68. The first kappa shape index (κ1) is 11.7. The van der Waals surface area contributed by atoms with Crippen LogP contribution in [0.2, 0.25) is 0 Å². The van der Waals surface area contributed by atoms with Crippen molar-refractivity contribution in [2.45, 2.75) is 20.4 Å². The van der Waals surface area contributed by atoms with Crippen LogP contribution in [0.25, 0.3) is 0 Å². The van der Waals surface area contributed by atoms with Crippen LogP contribution in [0.3, 0.4) is 0 Å². The summed E-state index contributed by atoms with van der Waals surface area (Å²) in [6.07, 6.45) is 0. The number of nitrogens with zero attached hydrogens (tertiary/aromatic N) is 4. The number of carbonyl (C=O) groups excluding carboxylic acids is 1. The predicted molar refractivity (Wildman–Crippen MR) is 63.8 cm³/mol. The third-order valence-corrected chi connectivity index (χ3v) is 2.98. The van der Waals surface area contributed by atoms with Crippen LogP contribution in [0, 0.1) is 13.8 Å². The summed E-state index contributed by atoms with van der Waals surface area (Å²) in [6, 6.07) is 0. The van der Waals surface area contributed by atoms with Crippen LogP contribution in [0.5, 0.6) is 0 Å². The smallest absolute Gasteiger partial charge is 0.273 e. The van der Waals surface area contributed by atoms with E-state index in [0.717, 1.165) is 10.8 Å². The van der Waals surface area contributed by atoms with Crippen molar-refractivity contribution in [3.8, 4) is 0 Å². The fourth-order valence-corrected chi connectivity index (χ4v) is 1.99. The van der Waals surface area contributed by atoms with Gasteiger partial charge in [0.05, 0.1) is 11.6 Å². The highest BCUT2D eigenvalue weighted by Crippen LogP contribution is 2.10. The molecule has 0 radical (unpaired) electrons. The summed E-state index contributed by atoms with van der Waals surface area (Å²) in [4.78, 5) is 21.8. The lowest BCUT2D eigenvalue weighted by Crippen LogP contribution is -2.27. The second kappa shape index (κ2) is 4.62. The molecule has 1 amide bonds. The molecule has 17 heavy (non-hydrogen) atoms. The van der Waals surface area contributed by atoms with E-state index in [1.54, 1.807) is 17.3 Å². The molecule has 2 heterocycles. The average Bonchev–Trinajstić information content (AvgIpc) is 2.87. The molecule has 0 aliphatic heterocycles. The van der Waals surface area contributed by atoms with E-state index >= 15 is 0 Å². The Morgan fingerprint density at radius 1 is 1.47 bits per heavy atom. The molecule has 0 unspecified atom stereocenters. The SMILES string of the molecule is Cc1nc(CN(C)C(=O)c2csc(C)n2)n[nH]1. The number of hydrogen-bond donors (Lipinski definition) is 1. The molecule has 0 atom stereocenters. The van der Waals surface area contributed by atoms with Gasteiger partial charge in [0, 0.05) is 12.4 Å². The molecular formula is C10H13N5OS. The van der Waals surface area contributed by atoms with Gasteiger partial charge in [-0.15, -0.1) is 11.3 Å². The van der Waals surface area contributed by atoms with E-state index in [0.29, 0.717) is 18.1 Å². The van der Waals surface area contributed by atoms with Crippen LogP contribution in [0.4, 0.5) is 0 Å². The second-order valence-corrected chi connectivity index (χ2v) is 4.81. The summed E-state index contributed by atoms with van der Waals surface area (Å²) < 4.78 is 0. The molecule has 0 aliphatic carbocycles. The number of carbonyl (C=O) groups is 1. The molecule has 0 saturated heterocycles. The lowest BCUT2D eigenvalue weighted by atomic mass is 10.4. The lowest BCUT2D eigenvalue weighted by Gasteiger charge is -2.13. The standard InChI is InChI=1S/C10H13N5OS/c1-6-11-9(14-13-6)4-15(3)10(16)8-5-17-7(2)12-8/h5H,4H2,1-3H3,(H,11,13,14). The molecule has 7 heteroatoms. The summed E-state index contributed by atoms with van der Waals surface area (Å²) in [5.74, 6) is 1.23. The highest BCUT2D eigenvalue weighted by atomic mass is 32.1. The Hall–Kier alpha value is -1.76. The van der Waals surface area contributed by atoms with Crippen LogP contribution in [0.1, 0.15) is 27.1 Å².